The number of benzene rings is 2. The Morgan fingerprint density at radius 2 is 1.71 bits per heavy atom. The first-order valence-electron chi connectivity index (χ1n) is 13.4. The average molecular weight is 582 g/mol. The van der Waals surface area contributed by atoms with Crippen molar-refractivity contribution in [3.8, 4) is 17.2 Å². The van der Waals surface area contributed by atoms with Crippen molar-refractivity contribution < 1.29 is 33.3 Å². The molecule has 2 heterocycles. The molecule has 1 N–H and O–H groups in total. The highest BCUT2D eigenvalue weighted by atomic mass is 32.1. The van der Waals surface area contributed by atoms with E-state index in [1.807, 2.05) is 30.3 Å². The molecule has 1 aromatic heterocycles. The molecule has 218 valence electrons. The summed E-state index contributed by atoms with van der Waals surface area (Å²) in [7, 11) is 4.52. The van der Waals surface area contributed by atoms with Crippen molar-refractivity contribution >= 4 is 29.1 Å². The number of rotatable bonds is 11. The summed E-state index contributed by atoms with van der Waals surface area (Å²) in [6.45, 7) is 3.02. The van der Waals surface area contributed by atoms with Crippen LogP contribution < -0.4 is 19.5 Å². The predicted octanol–water partition coefficient (Wildman–Crippen LogP) is 4.09. The number of thiazole rings is 1. The van der Waals surface area contributed by atoms with Crippen molar-refractivity contribution in [3.05, 3.63) is 69.7 Å². The minimum atomic E-state index is -0.821. The second-order valence-corrected chi connectivity index (χ2v) is 10.4. The van der Waals surface area contributed by atoms with Gasteiger partial charge in [-0.25, -0.2) is 9.78 Å². The van der Waals surface area contributed by atoms with Crippen LogP contribution in [-0.4, -0.2) is 74.7 Å². The third-order valence-corrected chi connectivity index (χ3v) is 7.99. The lowest BCUT2D eigenvalue weighted by molar-refractivity contribution is -0.145. The number of amides is 2. The summed E-state index contributed by atoms with van der Waals surface area (Å²) in [4.78, 5) is 45.4. The monoisotopic (exact) mass is 581 g/mol. The van der Waals surface area contributed by atoms with Crippen LogP contribution in [0.3, 0.4) is 0 Å². The summed E-state index contributed by atoms with van der Waals surface area (Å²) in [5.41, 5.74) is 1.58. The zero-order chi connectivity index (χ0) is 29.4. The zero-order valence-electron chi connectivity index (χ0n) is 23.7. The molecule has 41 heavy (non-hydrogen) atoms. The maximum Gasteiger partial charge on any atom is 0.328 e. The number of hydrogen-bond acceptors (Lipinski definition) is 9. The van der Waals surface area contributed by atoms with E-state index in [2.05, 4.69) is 10.3 Å². The number of carbonyl (C=O) groups is 3. The van der Waals surface area contributed by atoms with Gasteiger partial charge in [0.05, 0.1) is 38.5 Å². The molecule has 0 spiro atoms. The molecule has 0 bridgehead atoms. The molecule has 10 nitrogen and oxygen atoms in total. The van der Waals surface area contributed by atoms with Gasteiger partial charge in [-0.2, -0.15) is 0 Å². The van der Waals surface area contributed by atoms with Gasteiger partial charge in [-0.1, -0.05) is 30.3 Å². The highest BCUT2D eigenvalue weighted by Crippen LogP contribution is 2.41. The Balaban J connectivity index is 1.39. The molecular formula is C30H35N3O7S. The van der Waals surface area contributed by atoms with E-state index in [9.17, 15) is 14.4 Å². The normalized spacial score (nSPS) is 14.2. The number of esters is 1. The number of nitrogens with zero attached hydrogens (tertiary/aromatic N) is 2. The fourth-order valence-corrected chi connectivity index (χ4v) is 5.84. The third kappa shape index (κ3) is 6.97. The van der Waals surface area contributed by atoms with Gasteiger partial charge in [0.2, 0.25) is 5.75 Å². The van der Waals surface area contributed by atoms with Crippen LogP contribution in [0.1, 0.15) is 57.1 Å². The SMILES string of the molecule is CCOC(=O)C(Cc1ccccc1)NC(=O)c1csc(C2CCN(C(=O)c3ccc(OC)c(OC)c3OC)CC2)n1. The molecule has 1 unspecified atom stereocenters. The molecule has 3 aromatic rings. The molecule has 1 atom stereocenters. The number of aromatic nitrogens is 1. The first-order valence-corrected chi connectivity index (χ1v) is 14.3. The number of methoxy groups -OCH3 is 3. The van der Waals surface area contributed by atoms with E-state index in [0.717, 1.165) is 10.6 Å². The van der Waals surface area contributed by atoms with Crippen LogP contribution in [-0.2, 0) is 16.0 Å². The number of likely N-dealkylation sites (tertiary alicyclic amines) is 1. The summed E-state index contributed by atoms with van der Waals surface area (Å²) in [6, 6.07) is 12.0. The smallest absolute Gasteiger partial charge is 0.328 e. The Bertz CT molecular complexity index is 1350. The third-order valence-electron chi connectivity index (χ3n) is 6.98. The van der Waals surface area contributed by atoms with Crippen LogP contribution in [0.2, 0.25) is 0 Å². The Morgan fingerprint density at radius 1 is 1.00 bits per heavy atom. The summed E-state index contributed by atoms with van der Waals surface area (Å²) < 4.78 is 21.4. The summed E-state index contributed by atoms with van der Waals surface area (Å²) in [6.07, 6.45) is 1.73. The van der Waals surface area contributed by atoms with Crippen LogP contribution >= 0.6 is 11.3 Å². The van der Waals surface area contributed by atoms with E-state index in [-0.39, 0.29) is 24.1 Å². The molecule has 4 rings (SSSR count). The van der Waals surface area contributed by atoms with Gasteiger partial charge in [0.25, 0.3) is 11.8 Å². The molecule has 1 fully saturated rings. The Hall–Kier alpha value is -4.12. The first kappa shape index (κ1) is 29.9. The summed E-state index contributed by atoms with van der Waals surface area (Å²) in [5.74, 6) is 0.253. The van der Waals surface area contributed by atoms with Crippen LogP contribution in [0.25, 0.3) is 0 Å². The molecule has 0 aliphatic carbocycles. The molecule has 1 aliphatic heterocycles. The number of ether oxygens (including phenoxy) is 4. The van der Waals surface area contributed by atoms with Crippen molar-refractivity contribution in [1.82, 2.24) is 15.2 Å². The molecule has 2 amide bonds. The highest BCUT2D eigenvalue weighted by Gasteiger charge is 2.30. The van der Waals surface area contributed by atoms with Crippen molar-refractivity contribution in [2.75, 3.05) is 41.0 Å². The molecule has 0 saturated carbocycles. The van der Waals surface area contributed by atoms with Gasteiger partial charge in [-0.15, -0.1) is 11.3 Å². The van der Waals surface area contributed by atoms with Gasteiger partial charge in [0.15, 0.2) is 11.5 Å². The highest BCUT2D eigenvalue weighted by molar-refractivity contribution is 7.09. The van der Waals surface area contributed by atoms with Gasteiger partial charge in [0, 0.05) is 30.8 Å². The lowest BCUT2D eigenvalue weighted by Gasteiger charge is -2.31. The van der Waals surface area contributed by atoms with Crippen molar-refractivity contribution in [3.63, 3.8) is 0 Å². The van der Waals surface area contributed by atoms with Gasteiger partial charge in [-0.05, 0) is 37.5 Å². The lowest BCUT2D eigenvalue weighted by atomic mass is 9.96. The lowest BCUT2D eigenvalue weighted by Crippen LogP contribution is -2.43. The van der Waals surface area contributed by atoms with Crippen LogP contribution in [0.15, 0.2) is 47.8 Å². The molecule has 11 heteroatoms. The number of piperidine rings is 1. The van der Waals surface area contributed by atoms with E-state index in [0.29, 0.717) is 55.2 Å². The second kappa shape index (κ2) is 14.0. The molecule has 1 saturated heterocycles. The minimum absolute atomic E-state index is 0.114. The van der Waals surface area contributed by atoms with Gasteiger partial charge in [0.1, 0.15) is 11.7 Å². The zero-order valence-corrected chi connectivity index (χ0v) is 24.5. The van der Waals surface area contributed by atoms with Gasteiger partial charge in [-0.3, -0.25) is 9.59 Å². The van der Waals surface area contributed by atoms with Crippen molar-refractivity contribution in [2.45, 2.75) is 38.1 Å². The van der Waals surface area contributed by atoms with E-state index in [1.54, 1.807) is 29.3 Å². The molecular weight excluding hydrogens is 546 g/mol. The molecule has 0 radical (unpaired) electrons. The molecule has 1 aliphatic rings. The topological polar surface area (TPSA) is 116 Å². The fraction of sp³-hybridized carbons (Fsp3) is 0.400. The molecule has 2 aromatic carbocycles. The summed E-state index contributed by atoms with van der Waals surface area (Å²) in [5, 5.41) is 5.34. The van der Waals surface area contributed by atoms with Gasteiger partial charge >= 0.3 is 5.97 Å². The van der Waals surface area contributed by atoms with Crippen LogP contribution in [0, 0.1) is 0 Å². The largest absolute Gasteiger partial charge is 0.493 e. The number of carbonyl (C=O) groups excluding carboxylic acids is 3. The number of nitrogens with one attached hydrogen (secondary N) is 1. The van der Waals surface area contributed by atoms with Crippen molar-refractivity contribution in [1.29, 1.82) is 0 Å². The Kier molecular flexibility index (Phi) is 10.2. The quantitative estimate of drug-likeness (QED) is 0.337. The van der Waals surface area contributed by atoms with Crippen molar-refractivity contribution in [2.24, 2.45) is 0 Å². The van der Waals surface area contributed by atoms with E-state index >= 15 is 0 Å². The standard InChI is InChI=1S/C30H35N3O7S/c1-5-40-30(36)22(17-19-9-7-6-8-10-19)31-27(34)23-18-41-28(32-23)20-13-15-33(16-14-20)29(35)21-11-12-24(37-2)26(39-4)25(21)38-3/h6-12,18,20,22H,5,13-17H2,1-4H3,(H,31,34). The Morgan fingerprint density at radius 3 is 2.34 bits per heavy atom. The van der Waals surface area contributed by atoms with Crippen LogP contribution in [0.5, 0.6) is 17.2 Å². The first-order chi connectivity index (χ1) is 19.9. The predicted molar refractivity (Wildman–Crippen MR) is 154 cm³/mol. The minimum Gasteiger partial charge on any atom is -0.493 e. The Labute approximate surface area is 243 Å². The maximum atomic E-state index is 13.4. The van der Waals surface area contributed by atoms with E-state index < -0.39 is 17.9 Å². The van der Waals surface area contributed by atoms with E-state index in [4.69, 9.17) is 18.9 Å². The summed E-state index contributed by atoms with van der Waals surface area (Å²) >= 11 is 1.41. The second-order valence-electron chi connectivity index (χ2n) is 9.49. The number of hydrogen-bond donors (Lipinski definition) is 1. The average Bonchev–Trinajstić information content (AvgIpc) is 3.51. The maximum absolute atomic E-state index is 13.4. The van der Waals surface area contributed by atoms with E-state index in [1.165, 1.54) is 32.7 Å². The fourth-order valence-electron chi connectivity index (χ4n) is 4.87. The van der Waals surface area contributed by atoms with Crippen LogP contribution in [0.4, 0.5) is 0 Å². The van der Waals surface area contributed by atoms with Gasteiger partial charge < -0.3 is 29.2 Å².